The standard InChI is InChI=1S/C21H23FN2O3/c1-13-5-7-19(26-13)17(24-9-3-4-10-24)12-23-21(25)20-14(2)16-11-15(22)6-8-18(16)27-20/h5-8,11,17H,3-4,9-10,12H2,1-2H3,(H,23,25). The van der Waals surface area contributed by atoms with Crippen LogP contribution in [0.2, 0.25) is 0 Å². The van der Waals surface area contributed by atoms with Gasteiger partial charge >= 0.3 is 0 Å². The summed E-state index contributed by atoms with van der Waals surface area (Å²) in [5.41, 5.74) is 1.16. The van der Waals surface area contributed by atoms with Gasteiger partial charge in [-0.05, 0) is 70.1 Å². The van der Waals surface area contributed by atoms with Crippen molar-refractivity contribution in [2.45, 2.75) is 32.7 Å². The lowest BCUT2D eigenvalue weighted by Gasteiger charge is -2.25. The summed E-state index contributed by atoms with van der Waals surface area (Å²) < 4.78 is 25.0. The Bertz CT molecular complexity index is 969. The van der Waals surface area contributed by atoms with Crippen LogP contribution in [0.25, 0.3) is 11.0 Å². The predicted octanol–water partition coefficient (Wildman–Crippen LogP) is 4.35. The highest BCUT2D eigenvalue weighted by atomic mass is 19.1. The van der Waals surface area contributed by atoms with Gasteiger partial charge in [-0.2, -0.15) is 0 Å². The molecule has 5 nitrogen and oxygen atoms in total. The van der Waals surface area contributed by atoms with Crippen molar-refractivity contribution in [3.05, 3.63) is 59.0 Å². The first-order chi connectivity index (χ1) is 13.0. The highest BCUT2D eigenvalue weighted by Gasteiger charge is 2.27. The van der Waals surface area contributed by atoms with Crippen LogP contribution in [-0.4, -0.2) is 30.4 Å². The molecule has 6 heteroatoms. The van der Waals surface area contributed by atoms with E-state index < -0.39 is 0 Å². The number of hydrogen-bond donors (Lipinski definition) is 1. The summed E-state index contributed by atoms with van der Waals surface area (Å²) >= 11 is 0. The lowest BCUT2D eigenvalue weighted by molar-refractivity contribution is 0.0907. The summed E-state index contributed by atoms with van der Waals surface area (Å²) in [5, 5.41) is 3.60. The van der Waals surface area contributed by atoms with Crippen molar-refractivity contribution in [2.75, 3.05) is 19.6 Å². The molecular formula is C21H23FN2O3. The van der Waals surface area contributed by atoms with E-state index in [9.17, 15) is 9.18 Å². The Morgan fingerprint density at radius 1 is 1.19 bits per heavy atom. The second kappa shape index (κ2) is 7.19. The van der Waals surface area contributed by atoms with Gasteiger partial charge < -0.3 is 14.2 Å². The number of nitrogens with zero attached hydrogens (tertiary/aromatic N) is 1. The highest BCUT2D eigenvalue weighted by Crippen LogP contribution is 2.28. The van der Waals surface area contributed by atoms with Crippen LogP contribution >= 0.6 is 0 Å². The number of amides is 1. The monoisotopic (exact) mass is 370 g/mol. The highest BCUT2D eigenvalue weighted by molar-refractivity contribution is 5.98. The van der Waals surface area contributed by atoms with Gasteiger partial charge in [0.25, 0.3) is 5.91 Å². The fourth-order valence-corrected chi connectivity index (χ4v) is 3.77. The number of carbonyl (C=O) groups is 1. The zero-order valence-electron chi connectivity index (χ0n) is 15.5. The Hall–Kier alpha value is -2.60. The fraction of sp³-hybridized carbons (Fsp3) is 0.381. The molecule has 1 unspecified atom stereocenters. The summed E-state index contributed by atoms with van der Waals surface area (Å²) in [6, 6.07) is 8.18. The molecule has 0 bridgehead atoms. The number of furan rings is 2. The van der Waals surface area contributed by atoms with Crippen molar-refractivity contribution in [3.8, 4) is 0 Å². The van der Waals surface area contributed by atoms with Crippen molar-refractivity contribution >= 4 is 16.9 Å². The third-order valence-electron chi connectivity index (χ3n) is 5.23. The molecule has 1 amide bonds. The molecule has 1 fully saturated rings. The Morgan fingerprint density at radius 3 is 2.67 bits per heavy atom. The van der Waals surface area contributed by atoms with Crippen molar-refractivity contribution in [2.24, 2.45) is 0 Å². The van der Waals surface area contributed by atoms with E-state index in [1.807, 2.05) is 19.1 Å². The molecule has 0 spiro atoms. The topological polar surface area (TPSA) is 58.6 Å². The minimum absolute atomic E-state index is 0.00715. The van der Waals surface area contributed by atoms with Crippen molar-refractivity contribution < 1.29 is 18.0 Å². The third-order valence-corrected chi connectivity index (χ3v) is 5.23. The molecule has 2 aromatic heterocycles. The van der Waals surface area contributed by atoms with Crippen LogP contribution in [0.5, 0.6) is 0 Å². The quantitative estimate of drug-likeness (QED) is 0.725. The number of halogens is 1. The van der Waals surface area contributed by atoms with Crippen LogP contribution in [0.3, 0.4) is 0 Å². The largest absolute Gasteiger partial charge is 0.465 e. The number of likely N-dealkylation sites (tertiary alicyclic amines) is 1. The van der Waals surface area contributed by atoms with Gasteiger partial charge in [0.1, 0.15) is 22.9 Å². The number of fused-ring (bicyclic) bond motifs is 1. The van der Waals surface area contributed by atoms with Crippen LogP contribution in [0.15, 0.2) is 39.2 Å². The average molecular weight is 370 g/mol. The molecule has 4 rings (SSSR count). The first-order valence-electron chi connectivity index (χ1n) is 9.30. The maximum absolute atomic E-state index is 13.5. The zero-order chi connectivity index (χ0) is 19.0. The Labute approximate surface area is 157 Å². The number of hydrogen-bond acceptors (Lipinski definition) is 4. The number of aryl methyl sites for hydroxylation is 2. The molecule has 142 valence electrons. The third kappa shape index (κ3) is 3.49. The van der Waals surface area contributed by atoms with E-state index in [0.717, 1.165) is 37.5 Å². The van der Waals surface area contributed by atoms with Gasteiger partial charge in [-0.1, -0.05) is 0 Å². The van der Waals surface area contributed by atoms with E-state index >= 15 is 0 Å². The summed E-state index contributed by atoms with van der Waals surface area (Å²) in [4.78, 5) is 15.1. The Morgan fingerprint density at radius 2 is 1.96 bits per heavy atom. The summed E-state index contributed by atoms with van der Waals surface area (Å²) in [6.45, 7) is 6.09. The fourth-order valence-electron chi connectivity index (χ4n) is 3.77. The first kappa shape index (κ1) is 17.8. The molecule has 0 radical (unpaired) electrons. The number of carbonyl (C=O) groups excluding carboxylic acids is 1. The molecular weight excluding hydrogens is 347 g/mol. The van der Waals surface area contributed by atoms with E-state index in [4.69, 9.17) is 8.83 Å². The predicted molar refractivity (Wildman–Crippen MR) is 100 cm³/mol. The smallest absolute Gasteiger partial charge is 0.287 e. The molecule has 1 aromatic carbocycles. The van der Waals surface area contributed by atoms with Gasteiger partial charge in [-0.3, -0.25) is 9.69 Å². The number of nitrogens with one attached hydrogen (secondary N) is 1. The average Bonchev–Trinajstić information content (AvgIpc) is 3.38. The molecule has 1 aliphatic rings. The van der Waals surface area contributed by atoms with Gasteiger partial charge in [-0.15, -0.1) is 0 Å². The van der Waals surface area contributed by atoms with Crippen LogP contribution in [0.4, 0.5) is 4.39 Å². The maximum Gasteiger partial charge on any atom is 0.287 e. The Kier molecular flexibility index (Phi) is 4.74. The number of rotatable bonds is 5. The van der Waals surface area contributed by atoms with E-state index in [1.54, 1.807) is 13.0 Å². The lowest BCUT2D eigenvalue weighted by Crippen LogP contribution is -2.36. The maximum atomic E-state index is 13.5. The van der Waals surface area contributed by atoms with E-state index in [0.29, 0.717) is 23.1 Å². The summed E-state index contributed by atoms with van der Waals surface area (Å²) in [5.74, 6) is 1.30. The molecule has 1 atom stereocenters. The van der Waals surface area contributed by atoms with Crippen LogP contribution in [0, 0.1) is 19.7 Å². The zero-order valence-corrected chi connectivity index (χ0v) is 15.5. The molecule has 3 aromatic rings. The Balaban J connectivity index is 1.53. The molecule has 3 heterocycles. The van der Waals surface area contributed by atoms with Crippen LogP contribution in [0.1, 0.15) is 46.5 Å². The van der Waals surface area contributed by atoms with Gasteiger partial charge in [0, 0.05) is 17.5 Å². The molecule has 27 heavy (non-hydrogen) atoms. The van der Waals surface area contributed by atoms with Crippen molar-refractivity contribution in [3.63, 3.8) is 0 Å². The molecule has 0 saturated carbocycles. The van der Waals surface area contributed by atoms with Crippen molar-refractivity contribution in [1.82, 2.24) is 10.2 Å². The molecule has 1 aliphatic heterocycles. The first-order valence-corrected chi connectivity index (χ1v) is 9.30. The SMILES string of the molecule is Cc1ccc(C(CNC(=O)c2oc3ccc(F)cc3c2C)N2CCCC2)o1. The van der Waals surface area contributed by atoms with E-state index in [1.165, 1.54) is 12.1 Å². The second-order valence-electron chi connectivity index (χ2n) is 7.11. The van der Waals surface area contributed by atoms with E-state index in [2.05, 4.69) is 10.2 Å². The van der Waals surface area contributed by atoms with Crippen LogP contribution < -0.4 is 5.32 Å². The molecule has 0 aliphatic carbocycles. The summed E-state index contributed by atoms with van der Waals surface area (Å²) in [6.07, 6.45) is 2.30. The van der Waals surface area contributed by atoms with Crippen molar-refractivity contribution in [1.29, 1.82) is 0 Å². The normalized spacial score (nSPS) is 16.1. The minimum atomic E-state index is -0.347. The summed E-state index contributed by atoms with van der Waals surface area (Å²) in [7, 11) is 0. The second-order valence-corrected chi connectivity index (χ2v) is 7.11. The molecule has 1 saturated heterocycles. The van der Waals surface area contributed by atoms with E-state index in [-0.39, 0.29) is 23.5 Å². The lowest BCUT2D eigenvalue weighted by atomic mass is 10.1. The minimum Gasteiger partial charge on any atom is -0.465 e. The molecule has 1 N–H and O–H groups in total. The van der Waals surface area contributed by atoms with Crippen LogP contribution in [-0.2, 0) is 0 Å². The van der Waals surface area contributed by atoms with Gasteiger partial charge in [0.15, 0.2) is 5.76 Å². The number of benzene rings is 1. The van der Waals surface area contributed by atoms with Gasteiger partial charge in [0.05, 0.1) is 6.04 Å². The van der Waals surface area contributed by atoms with Gasteiger partial charge in [-0.25, -0.2) is 4.39 Å². The van der Waals surface area contributed by atoms with Gasteiger partial charge in [0.2, 0.25) is 0 Å².